The molecule has 126 valence electrons. The van der Waals surface area contributed by atoms with Gasteiger partial charge in [0.2, 0.25) is 10.0 Å². The van der Waals surface area contributed by atoms with E-state index in [2.05, 4.69) is 4.72 Å². The summed E-state index contributed by atoms with van der Waals surface area (Å²) in [5, 5.41) is 8.84. The SMILES string of the molecule is COC1CCC(NS(=O)(=O)c2ccc(C(F)(F)F)c(C#N)c2)C1. The molecule has 5 nitrogen and oxygen atoms in total. The Labute approximate surface area is 132 Å². The normalized spacial score (nSPS) is 22.0. The summed E-state index contributed by atoms with van der Waals surface area (Å²) in [5.74, 6) is 0. The van der Waals surface area contributed by atoms with E-state index in [-0.39, 0.29) is 17.0 Å². The summed E-state index contributed by atoms with van der Waals surface area (Å²) in [4.78, 5) is -0.358. The number of nitrogens with zero attached hydrogens (tertiary/aromatic N) is 1. The van der Waals surface area contributed by atoms with Crippen molar-refractivity contribution in [3.63, 3.8) is 0 Å². The van der Waals surface area contributed by atoms with Crippen LogP contribution in [-0.4, -0.2) is 27.7 Å². The molecule has 0 saturated heterocycles. The number of ether oxygens (including phenoxy) is 1. The second kappa shape index (κ2) is 6.47. The van der Waals surface area contributed by atoms with Crippen LogP contribution in [0.2, 0.25) is 0 Å². The number of halogens is 3. The first-order valence-electron chi connectivity index (χ1n) is 6.84. The van der Waals surface area contributed by atoms with E-state index < -0.39 is 27.3 Å². The Balaban J connectivity index is 2.26. The summed E-state index contributed by atoms with van der Waals surface area (Å²) < 4.78 is 70.4. The number of alkyl halides is 3. The molecule has 2 unspecified atom stereocenters. The fourth-order valence-electron chi connectivity index (χ4n) is 2.58. The Hall–Kier alpha value is -1.63. The van der Waals surface area contributed by atoms with Gasteiger partial charge >= 0.3 is 6.18 Å². The highest BCUT2D eigenvalue weighted by atomic mass is 32.2. The van der Waals surface area contributed by atoms with Gasteiger partial charge in [-0.05, 0) is 37.5 Å². The Morgan fingerprint density at radius 1 is 1.35 bits per heavy atom. The van der Waals surface area contributed by atoms with Crippen LogP contribution in [0.1, 0.15) is 30.4 Å². The second-order valence-electron chi connectivity index (χ2n) is 5.31. The fraction of sp³-hybridized carbons (Fsp3) is 0.500. The molecule has 1 aliphatic carbocycles. The molecule has 1 N–H and O–H groups in total. The fourth-order valence-corrected chi connectivity index (χ4v) is 3.89. The lowest BCUT2D eigenvalue weighted by Crippen LogP contribution is -2.33. The number of rotatable bonds is 4. The molecule has 1 aliphatic rings. The van der Waals surface area contributed by atoms with Gasteiger partial charge in [-0.1, -0.05) is 0 Å². The molecule has 9 heteroatoms. The van der Waals surface area contributed by atoms with E-state index in [1.54, 1.807) is 0 Å². The van der Waals surface area contributed by atoms with E-state index in [1.807, 2.05) is 0 Å². The number of sulfonamides is 1. The minimum atomic E-state index is -4.71. The van der Waals surface area contributed by atoms with Crippen LogP contribution in [-0.2, 0) is 20.9 Å². The topological polar surface area (TPSA) is 79.2 Å². The van der Waals surface area contributed by atoms with Crippen LogP contribution in [0.4, 0.5) is 13.2 Å². The lowest BCUT2D eigenvalue weighted by molar-refractivity contribution is -0.137. The molecule has 2 rings (SSSR count). The summed E-state index contributed by atoms with van der Waals surface area (Å²) in [6, 6.07) is 3.27. The van der Waals surface area contributed by atoms with Crippen molar-refractivity contribution < 1.29 is 26.3 Å². The predicted molar refractivity (Wildman–Crippen MR) is 74.9 cm³/mol. The maximum atomic E-state index is 12.7. The van der Waals surface area contributed by atoms with Crippen molar-refractivity contribution in [3.8, 4) is 6.07 Å². The van der Waals surface area contributed by atoms with Gasteiger partial charge in [0.25, 0.3) is 0 Å². The van der Waals surface area contributed by atoms with Crippen molar-refractivity contribution in [2.24, 2.45) is 0 Å². The lowest BCUT2D eigenvalue weighted by Gasteiger charge is -2.15. The van der Waals surface area contributed by atoms with E-state index in [1.165, 1.54) is 13.2 Å². The number of nitriles is 1. The average Bonchev–Trinajstić information content (AvgIpc) is 2.92. The molecule has 0 bridgehead atoms. The van der Waals surface area contributed by atoms with Crippen LogP contribution in [0.3, 0.4) is 0 Å². The first kappa shape index (κ1) is 17.7. The molecule has 0 spiro atoms. The van der Waals surface area contributed by atoms with Gasteiger partial charge in [-0.3, -0.25) is 0 Å². The van der Waals surface area contributed by atoms with Gasteiger partial charge in [0.15, 0.2) is 0 Å². The minimum Gasteiger partial charge on any atom is -0.381 e. The Morgan fingerprint density at radius 2 is 2.04 bits per heavy atom. The van der Waals surface area contributed by atoms with Crippen molar-refractivity contribution in [2.75, 3.05) is 7.11 Å². The van der Waals surface area contributed by atoms with E-state index in [0.717, 1.165) is 12.1 Å². The monoisotopic (exact) mass is 348 g/mol. The first-order chi connectivity index (χ1) is 10.7. The number of benzene rings is 1. The van der Waals surface area contributed by atoms with E-state index >= 15 is 0 Å². The van der Waals surface area contributed by atoms with Crippen molar-refractivity contribution in [2.45, 2.75) is 42.5 Å². The van der Waals surface area contributed by atoms with Gasteiger partial charge in [0, 0.05) is 13.2 Å². The minimum absolute atomic E-state index is 0.0371. The molecule has 2 atom stereocenters. The number of hydrogen-bond acceptors (Lipinski definition) is 4. The van der Waals surface area contributed by atoms with Crippen LogP contribution in [0.25, 0.3) is 0 Å². The molecule has 0 radical (unpaired) electrons. The highest BCUT2D eigenvalue weighted by molar-refractivity contribution is 7.89. The number of nitrogens with one attached hydrogen (secondary N) is 1. The molecule has 0 aliphatic heterocycles. The maximum Gasteiger partial charge on any atom is 0.417 e. The summed E-state index contributed by atoms with van der Waals surface area (Å²) in [6.07, 6.45) is -2.95. The van der Waals surface area contributed by atoms with Gasteiger partial charge in [0.05, 0.1) is 28.2 Å². The molecular weight excluding hydrogens is 333 g/mol. The summed E-state index contributed by atoms with van der Waals surface area (Å²) in [7, 11) is -2.46. The Morgan fingerprint density at radius 3 is 2.57 bits per heavy atom. The first-order valence-corrected chi connectivity index (χ1v) is 8.32. The van der Waals surface area contributed by atoms with E-state index in [4.69, 9.17) is 10.00 Å². The predicted octanol–water partition coefficient (Wildman–Crippen LogP) is 2.42. The third-order valence-electron chi connectivity index (χ3n) is 3.77. The molecule has 0 amide bonds. The summed E-state index contributed by atoms with van der Waals surface area (Å²) >= 11 is 0. The van der Waals surface area contributed by atoms with Crippen LogP contribution >= 0.6 is 0 Å². The molecule has 1 fully saturated rings. The van der Waals surface area contributed by atoms with Crippen LogP contribution in [0.5, 0.6) is 0 Å². The van der Waals surface area contributed by atoms with Gasteiger partial charge in [0.1, 0.15) is 0 Å². The lowest BCUT2D eigenvalue weighted by atomic mass is 10.1. The average molecular weight is 348 g/mol. The van der Waals surface area contributed by atoms with Crippen LogP contribution < -0.4 is 4.72 Å². The Kier molecular flexibility index (Phi) is 4.98. The second-order valence-corrected chi connectivity index (χ2v) is 7.02. The van der Waals surface area contributed by atoms with E-state index in [9.17, 15) is 21.6 Å². The standard InChI is InChI=1S/C14H15F3N2O3S/c1-22-11-3-2-10(7-11)19-23(20,21)12-4-5-13(14(15,16)17)9(6-12)8-18/h4-6,10-11,19H,2-3,7H2,1H3. The van der Waals surface area contributed by atoms with Gasteiger partial charge < -0.3 is 4.74 Å². The molecule has 1 aromatic carbocycles. The molecule has 0 heterocycles. The molecular formula is C14H15F3N2O3S. The van der Waals surface area contributed by atoms with Crippen LogP contribution in [0.15, 0.2) is 23.1 Å². The largest absolute Gasteiger partial charge is 0.417 e. The van der Waals surface area contributed by atoms with Crippen molar-refractivity contribution in [1.29, 1.82) is 5.26 Å². The van der Waals surface area contributed by atoms with Crippen molar-refractivity contribution in [1.82, 2.24) is 4.72 Å². The number of methoxy groups -OCH3 is 1. The van der Waals surface area contributed by atoms with Gasteiger partial charge in [-0.25, -0.2) is 13.1 Å². The summed E-state index contributed by atoms with van der Waals surface area (Å²) in [6.45, 7) is 0. The zero-order valence-electron chi connectivity index (χ0n) is 12.2. The molecule has 0 aromatic heterocycles. The third kappa shape index (κ3) is 4.02. The van der Waals surface area contributed by atoms with Crippen molar-refractivity contribution >= 4 is 10.0 Å². The molecule has 23 heavy (non-hydrogen) atoms. The highest BCUT2D eigenvalue weighted by Crippen LogP contribution is 2.33. The van der Waals surface area contributed by atoms with Gasteiger partial charge in [-0.15, -0.1) is 0 Å². The smallest absolute Gasteiger partial charge is 0.381 e. The maximum absolute atomic E-state index is 12.7. The third-order valence-corrected chi connectivity index (χ3v) is 5.29. The van der Waals surface area contributed by atoms with Gasteiger partial charge in [-0.2, -0.15) is 18.4 Å². The zero-order valence-corrected chi connectivity index (χ0v) is 13.0. The zero-order chi connectivity index (χ0) is 17.3. The van der Waals surface area contributed by atoms with E-state index in [0.29, 0.717) is 25.3 Å². The quantitative estimate of drug-likeness (QED) is 0.906. The Bertz CT molecular complexity index is 726. The van der Waals surface area contributed by atoms with Crippen LogP contribution in [0, 0.1) is 11.3 Å². The van der Waals surface area contributed by atoms with Crippen molar-refractivity contribution in [3.05, 3.63) is 29.3 Å². The molecule has 1 saturated carbocycles. The summed E-state index contributed by atoms with van der Waals surface area (Å²) in [5.41, 5.74) is -1.87. The molecule has 1 aromatic rings. The highest BCUT2D eigenvalue weighted by Gasteiger charge is 2.35. The number of hydrogen-bond donors (Lipinski definition) is 1.